The van der Waals surface area contributed by atoms with Crippen LogP contribution >= 0.6 is 0 Å². The number of carboxylic acids is 1. The number of ether oxygens (including phenoxy) is 3. The molecule has 0 aliphatic heterocycles. The van der Waals surface area contributed by atoms with E-state index in [2.05, 4.69) is 4.98 Å². The fraction of sp³-hybridized carbons (Fsp3) is 0.0909. The Hall–Kier alpha value is -3.94. The first-order valence-corrected chi connectivity index (χ1v) is 8.74. The molecule has 0 aliphatic rings. The Morgan fingerprint density at radius 2 is 1.70 bits per heavy atom. The van der Waals surface area contributed by atoms with Gasteiger partial charge < -0.3 is 19.3 Å². The van der Waals surface area contributed by atoms with Crippen molar-refractivity contribution in [3.63, 3.8) is 0 Å². The van der Waals surface area contributed by atoms with E-state index in [4.69, 9.17) is 14.2 Å². The van der Waals surface area contributed by atoms with Crippen molar-refractivity contribution < 1.29 is 32.9 Å². The Bertz CT molecular complexity index is 1090. The highest BCUT2D eigenvalue weighted by Crippen LogP contribution is 2.34. The van der Waals surface area contributed by atoms with Crippen molar-refractivity contribution in [1.82, 2.24) is 4.98 Å². The van der Waals surface area contributed by atoms with E-state index in [1.54, 1.807) is 24.3 Å². The Labute approximate surface area is 171 Å². The van der Waals surface area contributed by atoms with Gasteiger partial charge in [-0.2, -0.15) is 0 Å². The van der Waals surface area contributed by atoms with E-state index in [0.717, 1.165) is 12.1 Å². The van der Waals surface area contributed by atoms with Crippen LogP contribution in [0.4, 0.5) is 8.78 Å². The summed E-state index contributed by atoms with van der Waals surface area (Å²) in [5.41, 5.74) is 0.232. The number of rotatable bonds is 7. The molecule has 0 aliphatic carbocycles. The van der Waals surface area contributed by atoms with Crippen molar-refractivity contribution in [1.29, 1.82) is 0 Å². The molecule has 3 aromatic rings. The molecule has 1 heterocycles. The largest absolute Gasteiger partial charge is 0.500 e. The zero-order chi connectivity index (χ0) is 21.7. The van der Waals surface area contributed by atoms with E-state index in [-0.39, 0.29) is 28.7 Å². The standard InChI is InChI=1S/C22H17F2NO5/c1-13(28-2)20(22(26)27)15-6-3-4-9-18(15)29-14-10-11-25-19(12-14)30-21-16(23)7-5-8-17(21)24/h3-12H,1-2H3,(H,26,27). The third-order valence-electron chi connectivity index (χ3n) is 4.09. The molecule has 0 amide bonds. The van der Waals surface area contributed by atoms with Gasteiger partial charge >= 0.3 is 5.97 Å². The van der Waals surface area contributed by atoms with Crippen molar-refractivity contribution in [2.75, 3.05) is 7.11 Å². The van der Waals surface area contributed by atoms with Crippen molar-refractivity contribution >= 4 is 11.5 Å². The van der Waals surface area contributed by atoms with Crippen LogP contribution in [0.5, 0.6) is 23.1 Å². The van der Waals surface area contributed by atoms with Crippen LogP contribution in [0.2, 0.25) is 0 Å². The second-order valence-corrected chi connectivity index (χ2v) is 6.02. The van der Waals surface area contributed by atoms with E-state index in [0.29, 0.717) is 5.56 Å². The lowest BCUT2D eigenvalue weighted by molar-refractivity contribution is -0.130. The topological polar surface area (TPSA) is 77.9 Å². The van der Waals surface area contributed by atoms with Gasteiger partial charge in [-0.3, -0.25) is 0 Å². The van der Waals surface area contributed by atoms with E-state index < -0.39 is 23.4 Å². The Morgan fingerprint density at radius 3 is 2.37 bits per heavy atom. The van der Waals surface area contributed by atoms with Gasteiger partial charge in [-0.15, -0.1) is 0 Å². The molecular formula is C22H17F2NO5. The monoisotopic (exact) mass is 413 g/mol. The molecule has 0 saturated carbocycles. The van der Waals surface area contributed by atoms with E-state index in [9.17, 15) is 18.7 Å². The van der Waals surface area contributed by atoms with Crippen molar-refractivity contribution in [2.24, 2.45) is 0 Å². The Kier molecular flexibility index (Phi) is 6.26. The third kappa shape index (κ3) is 4.54. The predicted octanol–water partition coefficient (Wildman–Crippen LogP) is 5.41. The fourth-order valence-corrected chi connectivity index (χ4v) is 2.64. The first-order valence-electron chi connectivity index (χ1n) is 8.74. The number of halogens is 2. The molecular weight excluding hydrogens is 396 g/mol. The molecule has 1 aromatic heterocycles. The molecule has 8 heteroatoms. The summed E-state index contributed by atoms with van der Waals surface area (Å²) in [6.07, 6.45) is 1.33. The first kappa shape index (κ1) is 20.8. The number of nitrogens with zero attached hydrogens (tertiary/aromatic N) is 1. The van der Waals surface area contributed by atoms with Crippen LogP contribution < -0.4 is 9.47 Å². The second-order valence-electron chi connectivity index (χ2n) is 6.02. The molecule has 0 fully saturated rings. The predicted molar refractivity (Wildman–Crippen MR) is 104 cm³/mol. The summed E-state index contributed by atoms with van der Waals surface area (Å²) in [5, 5.41) is 9.58. The van der Waals surface area contributed by atoms with E-state index in [1.807, 2.05) is 0 Å². The van der Waals surface area contributed by atoms with Crippen LogP contribution in [0.25, 0.3) is 5.57 Å². The number of hydrogen-bond donors (Lipinski definition) is 1. The van der Waals surface area contributed by atoms with Gasteiger partial charge in [0.15, 0.2) is 11.6 Å². The molecule has 154 valence electrons. The molecule has 0 unspecified atom stereocenters. The zero-order valence-corrected chi connectivity index (χ0v) is 16.1. The lowest BCUT2D eigenvalue weighted by atomic mass is 10.0. The van der Waals surface area contributed by atoms with Gasteiger partial charge in [0.25, 0.3) is 0 Å². The quantitative estimate of drug-likeness (QED) is 0.412. The molecule has 1 N–H and O–H groups in total. The van der Waals surface area contributed by atoms with Crippen LogP contribution in [0.3, 0.4) is 0 Å². The van der Waals surface area contributed by atoms with E-state index in [1.165, 1.54) is 38.4 Å². The number of aromatic nitrogens is 1. The maximum Gasteiger partial charge on any atom is 0.339 e. The molecule has 0 spiro atoms. The molecule has 6 nitrogen and oxygen atoms in total. The SMILES string of the molecule is COC(C)=C(C(=O)O)c1ccccc1Oc1ccnc(Oc2c(F)cccc2F)c1. The van der Waals surface area contributed by atoms with Gasteiger partial charge in [0.1, 0.15) is 22.8 Å². The van der Waals surface area contributed by atoms with Crippen LogP contribution in [0, 0.1) is 11.6 Å². The number of carbonyl (C=O) groups is 1. The average molecular weight is 413 g/mol. The van der Waals surface area contributed by atoms with Gasteiger partial charge in [-0.1, -0.05) is 24.3 Å². The van der Waals surface area contributed by atoms with Gasteiger partial charge in [-0.05, 0) is 31.2 Å². The van der Waals surface area contributed by atoms with Crippen molar-refractivity contribution in [3.8, 4) is 23.1 Å². The summed E-state index contributed by atoms with van der Waals surface area (Å²) in [4.78, 5) is 15.7. The maximum absolute atomic E-state index is 13.8. The fourth-order valence-electron chi connectivity index (χ4n) is 2.64. The normalized spacial score (nSPS) is 11.5. The molecule has 3 rings (SSSR count). The number of hydrogen-bond acceptors (Lipinski definition) is 5. The molecule has 30 heavy (non-hydrogen) atoms. The highest BCUT2D eigenvalue weighted by Gasteiger charge is 2.20. The number of carboxylic acid groups (broad SMARTS) is 1. The summed E-state index contributed by atoms with van der Waals surface area (Å²) in [6, 6.07) is 12.7. The highest BCUT2D eigenvalue weighted by atomic mass is 19.1. The third-order valence-corrected chi connectivity index (χ3v) is 4.09. The number of benzene rings is 2. The average Bonchev–Trinajstić information content (AvgIpc) is 2.72. The summed E-state index contributed by atoms with van der Waals surface area (Å²) in [6.45, 7) is 1.53. The minimum absolute atomic E-state index is 0.0629. The number of allylic oxidation sites excluding steroid dienone is 1. The molecule has 0 radical (unpaired) electrons. The molecule has 0 saturated heterocycles. The number of methoxy groups -OCH3 is 1. The summed E-state index contributed by atoms with van der Waals surface area (Å²) < 4.78 is 43.7. The van der Waals surface area contributed by atoms with Crippen LogP contribution in [-0.2, 0) is 9.53 Å². The van der Waals surface area contributed by atoms with Crippen LogP contribution in [0.15, 0.2) is 66.6 Å². The smallest absolute Gasteiger partial charge is 0.339 e. The molecule has 2 aromatic carbocycles. The Balaban J connectivity index is 1.94. The lowest BCUT2D eigenvalue weighted by Crippen LogP contribution is -2.05. The number of aliphatic carboxylic acids is 1. The van der Waals surface area contributed by atoms with Crippen molar-refractivity contribution in [2.45, 2.75) is 6.92 Å². The van der Waals surface area contributed by atoms with Crippen molar-refractivity contribution in [3.05, 3.63) is 83.8 Å². The Morgan fingerprint density at radius 1 is 1.00 bits per heavy atom. The molecule has 0 atom stereocenters. The van der Waals surface area contributed by atoms with Gasteiger partial charge in [0, 0.05) is 17.8 Å². The number of pyridine rings is 1. The second kappa shape index (κ2) is 9.04. The highest BCUT2D eigenvalue weighted by molar-refractivity contribution is 6.16. The lowest BCUT2D eigenvalue weighted by Gasteiger charge is -2.14. The summed E-state index contributed by atoms with van der Waals surface area (Å²) >= 11 is 0. The number of para-hydroxylation sites is 2. The van der Waals surface area contributed by atoms with Gasteiger partial charge in [0.05, 0.1) is 7.11 Å². The van der Waals surface area contributed by atoms with Crippen LogP contribution in [0.1, 0.15) is 12.5 Å². The minimum atomic E-state index is -1.18. The van der Waals surface area contributed by atoms with E-state index >= 15 is 0 Å². The van der Waals surface area contributed by atoms with Crippen LogP contribution in [-0.4, -0.2) is 23.2 Å². The molecule has 0 bridgehead atoms. The summed E-state index contributed by atoms with van der Waals surface area (Å²) in [5.74, 6) is -2.96. The maximum atomic E-state index is 13.8. The van der Waals surface area contributed by atoms with Gasteiger partial charge in [0.2, 0.25) is 11.6 Å². The minimum Gasteiger partial charge on any atom is -0.500 e. The van der Waals surface area contributed by atoms with Gasteiger partial charge in [-0.25, -0.2) is 18.6 Å². The zero-order valence-electron chi connectivity index (χ0n) is 16.1. The first-order chi connectivity index (χ1) is 14.4. The summed E-state index contributed by atoms with van der Waals surface area (Å²) in [7, 11) is 1.37.